The number of amides is 1. The average Bonchev–Trinajstić information content (AvgIpc) is 2.67. The predicted octanol–water partition coefficient (Wildman–Crippen LogP) is 3.11. The number of benzene rings is 1. The van der Waals surface area contributed by atoms with Gasteiger partial charge in [-0.15, -0.1) is 0 Å². The van der Waals surface area contributed by atoms with Gasteiger partial charge >= 0.3 is 5.97 Å². The van der Waals surface area contributed by atoms with Crippen molar-refractivity contribution in [2.24, 2.45) is 0 Å². The fraction of sp³-hybridized carbons (Fsp3) is 0.278. The molecule has 2 aromatic rings. The summed E-state index contributed by atoms with van der Waals surface area (Å²) in [5.74, 6) is 0.115. The number of nitrogens with one attached hydrogen (secondary N) is 1. The summed E-state index contributed by atoms with van der Waals surface area (Å²) < 4.78 is 15.1. The summed E-state index contributed by atoms with van der Waals surface area (Å²) in [5, 5.41) is 3.05. The largest absolute Gasteiger partial charge is 0.493 e. The normalized spacial score (nSPS) is 10.2. The molecule has 0 bridgehead atoms. The number of ether oxygens (including phenoxy) is 3. The van der Waals surface area contributed by atoms with Crippen LogP contribution in [0.4, 0.5) is 5.69 Å². The van der Waals surface area contributed by atoms with Crippen LogP contribution in [0.5, 0.6) is 11.5 Å². The molecule has 138 valence electrons. The predicted molar refractivity (Wildman–Crippen MR) is 97.1 cm³/mol. The van der Waals surface area contributed by atoms with Crippen molar-refractivity contribution in [1.82, 2.24) is 4.98 Å². The van der Waals surface area contributed by atoms with Gasteiger partial charge in [-0.2, -0.15) is 0 Å². The molecule has 26 heavy (non-hydrogen) atoms. The van der Waals surface area contributed by atoms with Crippen LogP contribution in [0.15, 0.2) is 30.5 Å². The summed E-state index contributed by atoms with van der Waals surface area (Å²) in [6, 6.07) is 6.58. The fourth-order valence-electron chi connectivity index (χ4n) is 2.33. The number of aryl methyl sites for hydroxylation is 1. The Morgan fingerprint density at radius 2 is 1.85 bits per heavy atom. The number of halogens is 1. The first-order valence-electron chi connectivity index (χ1n) is 7.73. The standard InChI is InChI=1S/C18H19ClN2O5/c1-24-14-9-12(19)13(10-15(14)25-2)21-16(22)7-6-11-5-4-8-20-17(11)18(23)26-3/h4-5,8-10H,6-7H2,1-3H3,(H,21,22). The number of hydrogen-bond acceptors (Lipinski definition) is 6. The molecule has 1 aromatic carbocycles. The lowest BCUT2D eigenvalue weighted by Gasteiger charge is -2.13. The Hall–Kier alpha value is -2.80. The number of esters is 1. The lowest BCUT2D eigenvalue weighted by Crippen LogP contribution is -2.15. The highest BCUT2D eigenvalue weighted by Gasteiger charge is 2.15. The number of carbonyl (C=O) groups is 2. The molecule has 1 amide bonds. The van der Waals surface area contributed by atoms with E-state index in [1.165, 1.54) is 27.5 Å². The van der Waals surface area contributed by atoms with Crippen LogP contribution in [0.25, 0.3) is 0 Å². The maximum Gasteiger partial charge on any atom is 0.356 e. The van der Waals surface area contributed by atoms with Crippen molar-refractivity contribution in [3.8, 4) is 11.5 Å². The van der Waals surface area contributed by atoms with Gasteiger partial charge in [-0.1, -0.05) is 17.7 Å². The van der Waals surface area contributed by atoms with Crippen LogP contribution < -0.4 is 14.8 Å². The van der Waals surface area contributed by atoms with Crippen LogP contribution in [0, 0.1) is 0 Å². The molecule has 0 unspecified atom stereocenters. The molecule has 8 heteroatoms. The van der Waals surface area contributed by atoms with Gasteiger partial charge < -0.3 is 19.5 Å². The van der Waals surface area contributed by atoms with Crippen molar-refractivity contribution in [2.45, 2.75) is 12.8 Å². The van der Waals surface area contributed by atoms with Gasteiger partial charge in [-0.25, -0.2) is 9.78 Å². The highest BCUT2D eigenvalue weighted by Crippen LogP contribution is 2.36. The third kappa shape index (κ3) is 4.64. The first-order valence-corrected chi connectivity index (χ1v) is 8.11. The zero-order valence-electron chi connectivity index (χ0n) is 14.7. The van der Waals surface area contributed by atoms with Gasteiger partial charge in [0.1, 0.15) is 0 Å². The number of aromatic nitrogens is 1. The van der Waals surface area contributed by atoms with Crippen molar-refractivity contribution < 1.29 is 23.8 Å². The molecular weight excluding hydrogens is 360 g/mol. The number of rotatable bonds is 7. The average molecular weight is 379 g/mol. The second-order valence-corrected chi connectivity index (χ2v) is 5.65. The smallest absolute Gasteiger partial charge is 0.356 e. The monoisotopic (exact) mass is 378 g/mol. The lowest BCUT2D eigenvalue weighted by atomic mass is 10.1. The van der Waals surface area contributed by atoms with Crippen molar-refractivity contribution in [2.75, 3.05) is 26.6 Å². The van der Waals surface area contributed by atoms with Crippen LogP contribution in [0.1, 0.15) is 22.5 Å². The van der Waals surface area contributed by atoms with E-state index in [9.17, 15) is 9.59 Å². The number of hydrogen-bond donors (Lipinski definition) is 1. The van der Waals surface area contributed by atoms with Gasteiger partial charge in [-0.05, 0) is 18.1 Å². The van der Waals surface area contributed by atoms with Crippen molar-refractivity contribution >= 4 is 29.2 Å². The minimum atomic E-state index is -0.538. The van der Waals surface area contributed by atoms with E-state index in [0.717, 1.165) is 0 Å². The summed E-state index contributed by atoms with van der Waals surface area (Å²) >= 11 is 6.16. The number of methoxy groups -OCH3 is 3. The Kier molecular flexibility index (Phi) is 6.80. The molecule has 7 nitrogen and oxygen atoms in total. The SMILES string of the molecule is COC(=O)c1ncccc1CCC(=O)Nc1cc(OC)c(OC)cc1Cl. The Bertz CT molecular complexity index is 810. The Labute approximate surface area is 156 Å². The van der Waals surface area contributed by atoms with E-state index in [1.54, 1.807) is 24.3 Å². The van der Waals surface area contributed by atoms with Gasteiger partial charge in [0.25, 0.3) is 0 Å². The van der Waals surface area contributed by atoms with Crippen LogP contribution >= 0.6 is 11.6 Å². The molecule has 0 spiro atoms. The third-order valence-electron chi connectivity index (χ3n) is 3.64. The van der Waals surface area contributed by atoms with E-state index in [-0.39, 0.29) is 18.0 Å². The summed E-state index contributed by atoms with van der Waals surface area (Å²) in [5.41, 5.74) is 1.24. The molecular formula is C18H19ClN2O5. The second kappa shape index (κ2) is 9.05. The first kappa shape index (κ1) is 19.5. The first-order chi connectivity index (χ1) is 12.5. The van der Waals surface area contributed by atoms with Gasteiger partial charge in [-0.3, -0.25) is 4.79 Å². The van der Waals surface area contributed by atoms with Crippen LogP contribution in [0.3, 0.4) is 0 Å². The number of nitrogens with zero attached hydrogens (tertiary/aromatic N) is 1. The van der Waals surface area contributed by atoms with E-state index in [2.05, 4.69) is 10.3 Å². The molecule has 0 saturated heterocycles. The Balaban J connectivity index is 2.08. The zero-order valence-corrected chi connectivity index (χ0v) is 15.4. The highest BCUT2D eigenvalue weighted by molar-refractivity contribution is 6.34. The molecule has 0 atom stereocenters. The van der Waals surface area contributed by atoms with Crippen LogP contribution in [-0.2, 0) is 16.0 Å². The number of anilines is 1. The molecule has 0 radical (unpaired) electrons. The van der Waals surface area contributed by atoms with Crippen molar-refractivity contribution in [3.63, 3.8) is 0 Å². The highest BCUT2D eigenvalue weighted by atomic mass is 35.5. The molecule has 0 aliphatic carbocycles. The van der Waals surface area contributed by atoms with E-state index in [1.807, 2.05) is 0 Å². The van der Waals surface area contributed by atoms with Crippen LogP contribution in [0.2, 0.25) is 5.02 Å². The van der Waals surface area contributed by atoms with Crippen molar-refractivity contribution in [1.29, 1.82) is 0 Å². The van der Waals surface area contributed by atoms with E-state index in [0.29, 0.717) is 34.2 Å². The molecule has 0 fully saturated rings. The molecule has 0 saturated carbocycles. The summed E-state index contributed by atoms with van der Waals surface area (Å²) in [4.78, 5) is 28.0. The number of carbonyl (C=O) groups excluding carboxylic acids is 2. The molecule has 1 N–H and O–H groups in total. The molecule has 0 aliphatic rings. The lowest BCUT2D eigenvalue weighted by molar-refractivity contribution is -0.116. The summed E-state index contributed by atoms with van der Waals surface area (Å²) in [6.07, 6.45) is 1.97. The summed E-state index contributed by atoms with van der Waals surface area (Å²) in [6.45, 7) is 0. The van der Waals surface area contributed by atoms with E-state index >= 15 is 0 Å². The fourth-order valence-corrected chi connectivity index (χ4v) is 2.53. The zero-order chi connectivity index (χ0) is 19.1. The van der Waals surface area contributed by atoms with Gasteiger partial charge in [0, 0.05) is 24.8 Å². The second-order valence-electron chi connectivity index (χ2n) is 5.24. The van der Waals surface area contributed by atoms with E-state index in [4.69, 9.17) is 25.8 Å². The quantitative estimate of drug-likeness (QED) is 0.745. The molecule has 1 aromatic heterocycles. The molecule has 2 rings (SSSR count). The maximum absolute atomic E-state index is 12.3. The molecule has 0 aliphatic heterocycles. The van der Waals surface area contributed by atoms with Gasteiger partial charge in [0.05, 0.1) is 32.0 Å². The van der Waals surface area contributed by atoms with Crippen LogP contribution in [-0.4, -0.2) is 38.2 Å². The maximum atomic E-state index is 12.3. The Morgan fingerprint density at radius 1 is 1.15 bits per heavy atom. The van der Waals surface area contributed by atoms with Gasteiger partial charge in [0.15, 0.2) is 17.2 Å². The van der Waals surface area contributed by atoms with Crippen molar-refractivity contribution in [3.05, 3.63) is 46.7 Å². The third-order valence-corrected chi connectivity index (χ3v) is 3.95. The minimum absolute atomic E-state index is 0.139. The van der Waals surface area contributed by atoms with E-state index < -0.39 is 5.97 Å². The minimum Gasteiger partial charge on any atom is -0.493 e. The Morgan fingerprint density at radius 3 is 2.50 bits per heavy atom. The summed E-state index contributed by atoms with van der Waals surface area (Å²) in [7, 11) is 4.28. The number of pyridine rings is 1. The molecule has 1 heterocycles. The topological polar surface area (TPSA) is 86.8 Å². The van der Waals surface area contributed by atoms with Gasteiger partial charge in [0.2, 0.25) is 5.91 Å².